The van der Waals surface area contributed by atoms with Crippen molar-refractivity contribution in [1.82, 2.24) is 0 Å². The molecule has 18 heavy (non-hydrogen) atoms. The first-order chi connectivity index (χ1) is 8.75. The maximum absolute atomic E-state index is 6.39. The molecule has 0 aliphatic carbocycles. The van der Waals surface area contributed by atoms with Crippen LogP contribution in [0.2, 0.25) is 0 Å². The molecule has 0 amide bonds. The SMILES string of the molecule is NC(c1ccc(Br)s1)c1cccc2ccccc12. The second-order valence-corrected chi connectivity index (χ2v) is 6.68. The van der Waals surface area contributed by atoms with Gasteiger partial charge in [0.1, 0.15) is 0 Å². The highest BCUT2D eigenvalue weighted by atomic mass is 79.9. The fourth-order valence-corrected chi connectivity index (χ4v) is 3.61. The summed E-state index contributed by atoms with van der Waals surface area (Å²) in [6, 6.07) is 18.7. The predicted molar refractivity (Wildman–Crippen MR) is 82.0 cm³/mol. The number of benzene rings is 2. The van der Waals surface area contributed by atoms with E-state index in [0.29, 0.717) is 0 Å². The van der Waals surface area contributed by atoms with Gasteiger partial charge < -0.3 is 5.73 Å². The fraction of sp³-hybridized carbons (Fsp3) is 0.0667. The van der Waals surface area contributed by atoms with Crippen LogP contribution in [-0.4, -0.2) is 0 Å². The number of fused-ring (bicyclic) bond motifs is 1. The van der Waals surface area contributed by atoms with Gasteiger partial charge in [0.05, 0.1) is 9.83 Å². The number of hydrogen-bond acceptors (Lipinski definition) is 2. The molecule has 0 aliphatic rings. The quantitative estimate of drug-likeness (QED) is 0.727. The largest absolute Gasteiger partial charge is 0.320 e. The molecule has 1 heterocycles. The van der Waals surface area contributed by atoms with Crippen molar-refractivity contribution in [2.45, 2.75) is 6.04 Å². The lowest BCUT2D eigenvalue weighted by molar-refractivity contribution is 0.903. The van der Waals surface area contributed by atoms with Crippen LogP contribution >= 0.6 is 27.3 Å². The van der Waals surface area contributed by atoms with Crippen molar-refractivity contribution in [2.24, 2.45) is 5.73 Å². The Morgan fingerprint density at radius 3 is 2.50 bits per heavy atom. The van der Waals surface area contributed by atoms with E-state index in [1.54, 1.807) is 11.3 Å². The van der Waals surface area contributed by atoms with Crippen LogP contribution in [-0.2, 0) is 0 Å². The van der Waals surface area contributed by atoms with E-state index in [2.05, 4.69) is 64.5 Å². The van der Waals surface area contributed by atoms with Crippen LogP contribution < -0.4 is 5.73 Å². The van der Waals surface area contributed by atoms with E-state index in [9.17, 15) is 0 Å². The van der Waals surface area contributed by atoms with Crippen LogP contribution in [0.1, 0.15) is 16.5 Å². The van der Waals surface area contributed by atoms with E-state index in [0.717, 1.165) is 3.79 Å². The van der Waals surface area contributed by atoms with Gasteiger partial charge in [-0.1, -0.05) is 42.5 Å². The molecular formula is C15H12BrNS. The van der Waals surface area contributed by atoms with Crippen molar-refractivity contribution in [3.05, 3.63) is 68.8 Å². The number of thiophene rings is 1. The molecule has 0 spiro atoms. The average molecular weight is 318 g/mol. The van der Waals surface area contributed by atoms with Crippen molar-refractivity contribution in [1.29, 1.82) is 0 Å². The zero-order valence-corrected chi connectivity index (χ0v) is 12.0. The number of halogens is 1. The lowest BCUT2D eigenvalue weighted by atomic mass is 9.98. The summed E-state index contributed by atoms with van der Waals surface area (Å²) in [5, 5.41) is 2.47. The van der Waals surface area contributed by atoms with Crippen LogP contribution in [0.15, 0.2) is 58.4 Å². The number of hydrogen-bond donors (Lipinski definition) is 1. The standard InChI is InChI=1S/C15H12BrNS/c16-14-9-8-13(18-14)15(17)12-7-3-5-10-4-1-2-6-11(10)12/h1-9,15H,17H2. The molecule has 0 radical (unpaired) electrons. The highest BCUT2D eigenvalue weighted by Crippen LogP contribution is 2.32. The summed E-state index contributed by atoms with van der Waals surface area (Å²) in [6.45, 7) is 0. The second kappa shape index (κ2) is 4.84. The summed E-state index contributed by atoms with van der Waals surface area (Å²) in [7, 11) is 0. The molecule has 0 fully saturated rings. The summed E-state index contributed by atoms with van der Waals surface area (Å²) in [5.74, 6) is 0. The maximum Gasteiger partial charge on any atom is 0.0702 e. The van der Waals surface area contributed by atoms with E-state index < -0.39 is 0 Å². The van der Waals surface area contributed by atoms with Gasteiger partial charge in [-0.05, 0) is 44.4 Å². The molecule has 0 saturated carbocycles. The van der Waals surface area contributed by atoms with Crippen LogP contribution in [0.4, 0.5) is 0 Å². The molecule has 3 heteroatoms. The Kier molecular flexibility index (Phi) is 3.20. The third kappa shape index (κ3) is 2.09. The average Bonchev–Trinajstić information content (AvgIpc) is 2.84. The van der Waals surface area contributed by atoms with Crippen molar-refractivity contribution in [3.63, 3.8) is 0 Å². The Morgan fingerprint density at radius 2 is 1.72 bits per heavy atom. The van der Waals surface area contributed by atoms with E-state index in [4.69, 9.17) is 5.73 Å². The molecule has 1 atom stereocenters. The molecule has 3 aromatic rings. The summed E-state index contributed by atoms with van der Waals surface area (Å²) in [5.41, 5.74) is 7.57. The summed E-state index contributed by atoms with van der Waals surface area (Å²) in [6.07, 6.45) is 0. The van der Waals surface area contributed by atoms with Gasteiger partial charge in [-0.15, -0.1) is 11.3 Å². The second-order valence-electron chi connectivity index (χ2n) is 4.19. The summed E-state index contributed by atoms with van der Waals surface area (Å²) in [4.78, 5) is 1.18. The summed E-state index contributed by atoms with van der Waals surface area (Å²) < 4.78 is 1.12. The minimum absolute atomic E-state index is 0.0626. The van der Waals surface area contributed by atoms with Gasteiger partial charge in [0.25, 0.3) is 0 Å². The molecule has 0 saturated heterocycles. The van der Waals surface area contributed by atoms with Gasteiger partial charge in [0.15, 0.2) is 0 Å². The molecule has 2 N–H and O–H groups in total. The molecule has 0 aliphatic heterocycles. The molecule has 1 unspecified atom stereocenters. The Hall–Kier alpha value is -1.16. The Morgan fingerprint density at radius 1 is 0.944 bits per heavy atom. The van der Waals surface area contributed by atoms with Gasteiger partial charge in [-0.2, -0.15) is 0 Å². The first-order valence-corrected chi connectivity index (χ1v) is 7.35. The van der Waals surface area contributed by atoms with Crippen molar-refractivity contribution < 1.29 is 0 Å². The van der Waals surface area contributed by atoms with Crippen molar-refractivity contribution >= 4 is 38.0 Å². The van der Waals surface area contributed by atoms with E-state index in [1.807, 2.05) is 6.07 Å². The van der Waals surface area contributed by atoms with Gasteiger partial charge in [-0.25, -0.2) is 0 Å². The molecule has 2 aromatic carbocycles. The summed E-state index contributed by atoms with van der Waals surface area (Å²) >= 11 is 5.18. The van der Waals surface area contributed by atoms with Crippen molar-refractivity contribution in [3.8, 4) is 0 Å². The highest BCUT2D eigenvalue weighted by molar-refractivity contribution is 9.11. The lowest BCUT2D eigenvalue weighted by Gasteiger charge is -2.13. The minimum atomic E-state index is -0.0626. The predicted octanol–water partition coefficient (Wildman–Crippen LogP) is 4.71. The van der Waals surface area contributed by atoms with E-state index in [1.165, 1.54) is 21.2 Å². The molecule has 3 rings (SSSR count). The third-order valence-corrected chi connectivity index (χ3v) is 4.77. The van der Waals surface area contributed by atoms with E-state index >= 15 is 0 Å². The molecule has 90 valence electrons. The van der Waals surface area contributed by atoms with Crippen molar-refractivity contribution in [2.75, 3.05) is 0 Å². The van der Waals surface area contributed by atoms with Gasteiger partial charge in [0.2, 0.25) is 0 Å². The molecular weight excluding hydrogens is 306 g/mol. The third-order valence-electron chi connectivity index (χ3n) is 3.06. The fourth-order valence-electron chi connectivity index (χ4n) is 2.17. The Bertz CT molecular complexity index is 684. The molecule has 0 bridgehead atoms. The zero-order chi connectivity index (χ0) is 12.5. The topological polar surface area (TPSA) is 26.0 Å². The van der Waals surface area contributed by atoms with Crippen LogP contribution in [0, 0.1) is 0 Å². The van der Waals surface area contributed by atoms with Gasteiger partial charge in [0, 0.05) is 4.88 Å². The maximum atomic E-state index is 6.39. The number of nitrogens with two attached hydrogens (primary N) is 1. The Labute approximate surface area is 118 Å². The van der Waals surface area contributed by atoms with Gasteiger partial charge >= 0.3 is 0 Å². The first kappa shape index (κ1) is 11.9. The van der Waals surface area contributed by atoms with E-state index in [-0.39, 0.29) is 6.04 Å². The minimum Gasteiger partial charge on any atom is -0.320 e. The highest BCUT2D eigenvalue weighted by Gasteiger charge is 2.13. The Balaban J connectivity index is 2.14. The first-order valence-electron chi connectivity index (χ1n) is 5.74. The smallest absolute Gasteiger partial charge is 0.0702 e. The van der Waals surface area contributed by atoms with Crippen LogP contribution in [0.5, 0.6) is 0 Å². The van der Waals surface area contributed by atoms with Gasteiger partial charge in [-0.3, -0.25) is 0 Å². The zero-order valence-electron chi connectivity index (χ0n) is 9.64. The van der Waals surface area contributed by atoms with Crippen LogP contribution in [0.25, 0.3) is 10.8 Å². The number of rotatable bonds is 2. The lowest BCUT2D eigenvalue weighted by Crippen LogP contribution is -2.10. The normalized spacial score (nSPS) is 12.8. The monoisotopic (exact) mass is 317 g/mol. The molecule has 1 aromatic heterocycles. The van der Waals surface area contributed by atoms with Crippen LogP contribution in [0.3, 0.4) is 0 Å². The molecule has 1 nitrogen and oxygen atoms in total.